The van der Waals surface area contributed by atoms with Gasteiger partial charge in [-0.1, -0.05) is 24.3 Å². The summed E-state index contributed by atoms with van der Waals surface area (Å²) in [5.74, 6) is -1.07. The molecule has 0 saturated carbocycles. The third-order valence-corrected chi connectivity index (χ3v) is 5.85. The van der Waals surface area contributed by atoms with Crippen LogP contribution in [0.15, 0.2) is 53.4 Å². The van der Waals surface area contributed by atoms with Crippen molar-refractivity contribution in [2.45, 2.75) is 24.3 Å². The van der Waals surface area contributed by atoms with Gasteiger partial charge in [0.1, 0.15) is 0 Å². The van der Waals surface area contributed by atoms with Gasteiger partial charge in [-0.2, -0.15) is 0 Å². The number of fused-ring (bicyclic) bond motifs is 1. The Balaban J connectivity index is 1.73. The van der Waals surface area contributed by atoms with Gasteiger partial charge < -0.3 is 9.64 Å². The lowest BCUT2D eigenvalue weighted by Crippen LogP contribution is -2.39. The van der Waals surface area contributed by atoms with Crippen LogP contribution in [0, 0.1) is 0 Å². The number of nitrogens with one attached hydrogen (secondary N) is 1. The van der Waals surface area contributed by atoms with E-state index >= 15 is 0 Å². The number of carbonyl (C=O) groups excluding carboxylic acids is 2. The molecule has 2 aromatic rings. The van der Waals surface area contributed by atoms with E-state index in [0.29, 0.717) is 6.54 Å². The Morgan fingerprint density at radius 1 is 1.15 bits per heavy atom. The SMILES string of the molecule is CNS(=O)(=O)c1cccc(C(=O)O[C@@H](C)C(=O)N2CCc3ccccc32)c1. The number of sulfonamides is 1. The first-order valence-electron chi connectivity index (χ1n) is 8.47. The predicted octanol–water partition coefficient (Wildman–Crippen LogP) is 1.73. The Hall–Kier alpha value is -2.71. The Morgan fingerprint density at radius 2 is 1.89 bits per heavy atom. The van der Waals surface area contributed by atoms with Crippen LogP contribution in [0.5, 0.6) is 0 Å². The van der Waals surface area contributed by atoms with Crippen LogP contribution in [0.4, 0.5) is 5.69 Å². The molecule has 27 heavy (non-hydrogen) atoms. The number of hydrogen-bond donors (Lipinski definition) is 1. The number of rotatable bonds is 5. The summed E-state index contributed by atoms with van der Waals surface area (Å²) >= 11 is 0. The summed E-state index contributed by atoms with van der Waals surface area (Å²) < 4.78 is 31.2. The van der Waals surface area contributed by atoms with Crippen LogP contribution in [0.2, 0.25) is 0 Å². The average Bonchev–Trinajstić information content (AvgIpc) is 3.11. The van der Waals surface area contributed by atoms with Crippen molar-refractivity contribution in [1.29, 1.82) is 0 Å². The van der Waals surface area contributed by atoms with Gasteiger partial charge in [0.25, 0.3) is 5.91 Å². The van der Waals surface area contributed by atoms with Crippen molar-refractivity contribution in [3.05, 3.63) is 59.7 Å². The minimum Gasteiger partial charge on any atom is -0.449 e. The number of esters is 1. The van der Waals surface area contributed by atoms with Crippen molar-refractivity contribution in [3.63, 3.8) is 0 Å². The standard InChI is InChI=1S/C19H20N2O5S/c1-13(18(22)21-11-10-14-6-3-4-9-17(14)21)26-19(23)15-7-5-8-16(12-15)27(24,25)20-2/h3-9,12-13,20H,10-11H2,1-2H3/t13-/m0/s1. The molecule has 1 amide bonds. The first-order chi connectivity index (χ1) is 12.8. The number of anilines is 1. The molecule has 1 aliphatic rings. The zero-order valence-corrected chi connectivity index (χ0v) is 15.8. The fourth-order valence-electron chi connectivity index (χ4n) is 2.97. The van der Waals surface area contributed by atoms with Gasteiger partial charge in [-0.15, -0.1) is 0 Å². The van der Waals surface area contributed by atoms with Gasteiger partial charge in [0, 0.05) is 12.2 Å². The van der Waals surface area contributed by atoms with Crippen molar-refractivity contribution in [1.82, 2.24) is 4.72 Å². The maximum atomic E-state index is 12.7. The number of nitrogens with zero attached hydrogens (tertiary/aromatic N) is 1. The zero-order chi connectivity index (χ0) is 19.6. The normalized spacial score (nSPS) is 14.5. The van der Waals surface area contributed by atoms with E-state index in [1.807, 2.05) is 24.3 Å². The molecule has 0 unspecified atom stereocenters. The molecule has 7 nitrogen and oxygen atoms in total. The molecule has 8 heteroatoms. The minimum absolute atomic E-state index is 0.0492. The number of amides is 1. The van der Waals surface area contributed by atoms with Crippen LogP contribution < -0.4 is 9.62 Å². The molecular weight excluding hydrogens is 368 g/mol. The molecule has 142 valence electrons. The fraction of sp³-hybridized carbons (Fsp3) is 0.263. The van der Waals surface area contributed by atoms with Crippen LogP contribution in [0.3, 0.4) is 0 Å². The number of hydrogen-bond acceptors (Lipinski definition) is 5. The van der Waals surface area contributed by atoms with E-state index < -0.39 is 22.1 Å². The highest BCUT2D eigenvalue weighted by Gasteiger charge is 2.30. The molecule has 1 N–H and O–H groups in total. The highest BCUT2D eigenvalue weighted by Crippen LogP contribution is 2.28. The molecule has 0 bridgehead atoms. The number of ether oxygens (including phenoxy) is 1. The molecule has 0 fully saturated rings. The molecule has 0 spiro atoms. The topological polar surface area (TPSA) is 92.8 Å². The summed E-state index contributed by atoms with van der Waals surface area (Å²) in [5.41, 5.74) is 1.97. The summed E-state index contributed by atoms with van der Waals surface area (Å²) in [6.07, 6.45) is -0.236. The summed E-state index contributed by atoms with van der Waals surface area (Å²) in [4.78, 5) is 26.6. The largest absolute Gasteiger partial charge is 0.449 e. The van der Waals surface area contributed by atoms with Gasteiger partial charge in [0.2, 0.25) is 10.0 Å². The first-order valence-corrected chi connectivity index (χ1v) is 9.95. The second-order valence-corrected chi connectivity index (χ2v) is 8.04. The van der Waals surface area contributed by atoms with E-state index in [1.165, 1.54) is 38.2 Å². The Labute approximate surface area is 158 Å². The maximum absolute atomic E-state index is 12.7. The van der Waals surface area contributed by atoms with Gasteiger partial charge in [-0.05, 0) is 50.2 Å². The van der Waals surface area contributed by atoms with Crippen molar-refractivity contribution in [2.75, 3.05) is 18.5 Å². The van der Waals surface area contributed by atoms with Crippen LogP contribution in [0.1, 0.15) is 22.8 Å². The predicted molar refractivity (Wildman–Crippen MR) is 100 cm³/mol. The molecule has 0 saturated heterocycles. The monoisotopic (exact) mass is 388 g/mol. The van der Waals surface area contributed by atoms with Crippen molar-refractivity contribution >= 4 is 27.6 Å². The molecule has 3 rings (SSSR count). The van der Waals surface area contributed by atoms with Crippen molar-refractivity contribution < 1.29 is 22.7 Å². The number of carbonyl (C=O) groups is 2. The summed E-state index contributed by atoms with van der Waals surface area (Å²) in [7, 11) is -2.39. The van der Waals surface area contributed by atoms with Gasteiger partial charge >= 0.3 is 5.97 Å². The third-order valence-electron chi connectivity index (χ3n) is 4.43. The van der Waals surface area contributed by atoms with Crippen LogP contribution in [0.25, 0.3) is 0 Å². The van der Waals surface area contributed by atoms with Gasteiger partial charge in [-0.25, -0.2) is 17.9 Å². The van der Waals surface area contributed by atoms with E-state index in [4.69, 9.17) is 4.74 Å². The quantitative estimate of drug-likeness (QED) is 0.788. The number of para-hydroxylation sites is 1. The van der Waals surface area contributed by atoms with E-state index in [9.17, 15) is 18.0 Å². The van der Waals surface area contributed by atoms with Crippen LogP contribution in [-0.4, -0.2) is 40.0 Å². The second kappa shape index (κ2) is 7.50. The molecule has 2 aromatic carbocycles. The van der Waals surface area contributed by atoms with Crippen molar-refractivity contribution in [3.8, 4) is 0 Å². The Kier molecular flexibility index (Phi) is 5.29. The highest BCUT2D eigenvalue weighted by atomic mass is 32.2. The number of benzene rings is 2. The van der Waals surface area contributed by atoms with E-state index in [1.54, 1.807) is 4.90 Å². The summed E-state index contributed by atoms with van der Waals surface area (Å²) in [5, 5.41) is 0. The van der Waals surface area contributed by atoms with Gasteiger partial charge in [-0.3, -0.25) is 4.79 Å². The van der Waals surface area contributed by atoms with Gasteiger partial charge in [0.15, 0.2) is 6.10 Å². The maximum Gasteiger partial charge on any atom is 0.338 e. The lowest BCUT2D eigenvalue weighted by atomic mass is 10.2. The van der Waals surface area contributed by atoms with Gasteiger partial charge in [0.05, 0.1) is 10.5 Å². The minimum atomic E-state index is -3.68. The molecule has 0 aromatic heterocycles. The highest BCUT2D eigenvalue weighted by molar-refractivity contribution is 7.89. The average molecular weight is 388 g/mol. The summed E-state index contributed by atoms with van der Waals surface area (Å²) in [6, 6.07) is 13.1. The van der Waals surface area contributed by atoms with E-state index in [-0.39, 0.29) is 16.4 Å². The van der Waals surface area contributed by atoms with Crippen LogP contribution in [-0.2, 0) is 26.0 Å². The first kappa shape index (κ1) is 19.1. The zero-order valence-electron chi connectivity index (χ0n) is 15.0. The molecule has 0 aliphatic carbocycles. The third kappa shape index (κ3) is 3.86. The van der Waals surface area contributed by atoms with E-state index in [2.05, 4.69) is 4.72 Å². The lowest BCUT2D eigenvalue weighted by Gasteiger charge is -2.21. The van der Waals surface area contributed by atoms with Crippen molar-refractivity contribution in [2.24, 2.45) is 0 Å². The molecule has 0 radical (unpaired) electrons. The Morgan fingerprint density at radius 3 is 2.63 bits per heavy atom. The lowest BCUT2D eigenvalue weighted by molar-refractivity contribution is -0.126. The fourth-order valence-corrected chi connectivity index (χ4v) is 3.75. The summed E-state index contributed by atoms with van der Waals surface area (Å²) in [6.45, 7) is 2.05. The second-order valence-electron chi connectivity index (χ2n) is 6.15. The molecule has 1 atom stereocenters. The smallest absolute Gasteiger partial charge is 0.338 e. The molecule has 1 heterocycles. The van der Waals surface area contributed by atoms with E-state index in [0.717, 1.165) is 17.7 Å². The molecular formula is C19H20N2O5S. The van der Waals surface area contributed by atoms with Crippen LogP contribution >= 0.6 is 0 Å². The Bertz CT molecular complexity index is 987. The molecule has 1 aliphatic heterocycles.